The Morgan fingerprint density at radius 1 is 1.09 bits per heavy atom. The molecule has 0 aromatic heterocycles. The highest BCUT2D eigenvalue weighted by Crippen LogP contribution is 2.30. The molecule has 0 radical (unpaired) electrons. The third kappa shape index (κ3) is 6.23. The zero-order valence-electron chi connectivity index (χ0n) is 17.7. The minimum Gasteiger partial charge on any atom is -0.338 e. The van der Waals surface area contributed by atoms with Gasteiger partial charge >= 0.3 is 12.2 Å². The first-order valence-corrected chi connectivity index (χ1v) is 11.8. The summed E-state index contributed by atoms with van der Waals surface area (Å²) < 4.78 is 65.3. The first-order chi connectivity index (χ1) is 15.1. The highest BCUT2D eigenvalue weighted by molar-refractivity contribution is 7.89. The van der Waals surface area contributed by atoms with Crippen molar-refractivity contribution in [3.05, 3.63) is 59.7 Å². The minimum absolute atomic E-state index is 0.0620. The third-order valence-corrected chi connectivity index (χ3v) is 7.43. The SMILES string of the molecule is Cc1ccc(S(=O)(=O)N2CCC(CCNC(=O)Nc3cccc(C(F)(F)F)c3)CC2)cc1. The molecule has 10 heteroatoms. The predicted molar refractivity (Wildman–Crippen MR) is 116 cm³/mol. The molecule has 1 saturated heterocycles. The number of nitrogens with zero attached hydrogens (tertiary/aromatic N) is 1. The van der Waals surface area contributed by atoms with Crippen LogP contribution in [0, 0.1) is 12.8 Å². The number of alkyl halides is 3. The van der Waals surface area contributed by atoms with Gasteiger partial charge in [-0.05, 0) is 62.4 Å². The van der Waals surface area contributed by atoms with Crippen LogP contribution in [0.3, 0.4) is 0 Å². The molecule has 1 fully saturated rings. The first kappa shape index (κ1) is 24.1. The van der Waals surface area contributed by atoms with Crippen molar-refractivity contribution < 1.29 is 26.4 Å². The van der Waals surface area contributed by atoms with E-state index in [1.165, 1.54) is 16.4 Å². The fourth-order valence-electron chi connectivity index (χ4n) is 3.64. The largest absolute Gasteiger partial charge is 0.416 e. The first-order valence-electron chi connectivity index (χ1n) is 10.3. The number of hydrogen-bond acceptors (Lipinski definition) is 3. The van der Waals surface area contributed by atoms with Crippen molar-refractivity contribution in [1.82, 2.24) is 9.62 Å². The average molecular weight is 470 g/mol. The molecule has 1 aliphatic rings. The van der Waals surface area contributed by atoms with Gasteiger partial charge in [-0.15, -0.1) is 0 Å². The number of amides is 2. The molecule has 3 rings (SSSR count). The summed E-state index contributed by atoms with van der Waals surface area (Å²) in [6, 6.07) is 10.6. The molecule has 0 atom stereocenters. The minimum atomic E-state index is -4.48. The molecule has 2 aromatic rings. The van der Waals surface area contributed by atoms with E-state index in [0.717, 1.165) is 17.7 Å². The quantitative estimate of drug-likeness (QED) is 0.648. The van der Waals surface area contributed by atoms with Crippen LogP contribution in [0.15, 0.2) is 53.4 Å². The molecule has 1 aliphatic heterocycles. The summed E-state index contributed by atoms with van der Waals surface area (Å²) in [4.78, 5) is 12.3. The van der Waals surface area contributed by atoms with Crippen molar-refractivity contribution in [3.63, 3.8) is 0 Å². The van der Waals surface area contributed by atoms with Gasteiger partial charge in [-0.25, -0.2) is 13.2 Å². The lowest BCUT2D eigenvalue weighted by atomic mass is 9.95. The lowest BCUT2D eigenvalue weighted by molar-refractivity contribution is -0.137. The zero-order chi connectivity index (χ0) is 23.4. The predicted octanol–water partition coefficient (Wildman–Crippen LogP) is 4.63. The Balaban J connectivity index is 1.42. The van der Waals surface area contributed by atoms with Gasteiger partial charge in [0.05, 0.1) is 10.5 Å². The normalized spacial score (nSPS) is 16.0. The highest BCUT2D eigenvalue weighted by atomic mass is 32.2. The molecule has 2 aromatic carbocycles. The number of anilines is 1. The number of aryl methyl sites for hydroxylation is 1. The molecule has 0 unspecified atom stereocenters. The summed E-state index contributed by atoms with van der Waals surface area (Å²) in [6.07, 6.45) is -2.45. The number of piperidine rings is 1. The Morgan fingerprint density at radius 3 is 2.38 bits per heavy atom. The maximum Gasteiger partial charge on any atom is 0.416 e. The van der Waals surface area contributed by atoms with E-state index in [0.29, 0.717) is 38.9 Å². The van der Waals surface area contributed by atoms with Crippen LogP contribution in [-0.2, 0) is 16.2 Å². The number of rotatable bonds is 6. The standard InChI is InChI=1S/C22H26F3N3O3S/c1-16-5-7-20(8-6-16)32(30,31)28-13-10-17(11-14-28)9-12-26-21(29)27-19-4-2-3-18(15-19)22(23,24)25/h2-8,15,17H,9-14H2,1H3,(H2,26,27,29). The van der Waals surface area contributed by atoms with Crippen molar-refractivity contribution in [2.75, 3.05) is 25.0 Å². The molecular formula is C22H26F3N3O3S. The number of carbonyl (C=O) groups excluding carboxylic acids is 1. The number of hydrogen-bond donors (Lipinski definition) is 2. The van der Waals surface area contributed by atoms with E-state index >= 15 is 0 Å². The summed E-state index contributed by atoms with van der Waals surface area (Å²) in [5.41, 5.74) is 0.224. The number of nitrogens with one attached hydrogen (secondary N) is 2. The van der Waals surface area contributed by atoms with Crippen LogP contribution >= 0.6 is 0 Å². The van der Waals surface area contributed by atoms with Gasteiger partial charge < -0.3 is 10.6 Å². The summed E-state index contributed by atoms with van der Waals surface area (Å²) in [7, 11) is -3.51. The van der Waals surface area contributed by atoms with Gasteiger partial charge in [0.25, 0.3) is 0 Å². The summed E-state index contributed by atoms with van der Waals surface area (Å²) in [6.45, 7) is 3.07. The van der Waals surface area contributed by atoms with Crippen LogP contribution in [0.2, 0.25) is 0 Å². The Bertz CT molecular complexity index is 1030. The van der Waals surface area contributed by atoms with Gasteiger partial charge in [0.15, 0.2) is 0 Å². The van der Waals surface area contributed by atoms with Crippen LogP contribution < -0.4 is 10.6 Å². The lowest BCUT2D eigenvalue weighted by Gasteiger charge is -2.31. The van der Waals surface area contributed by atoms with Crippen molar-refractivity contribution in [2.24, 2.45) is 5.92 Å². The molecule has 0 aliphatic carbocycles. The highest BCUT2D eigenvalue weighted by Gasteiger charge is 2.31. The van der Waals surface area contributed by atoms with Crippen molar-refractivity contribution in [3.8, 4) is 0 Å². The smallest absolute Gasteiger partial charge is 0.338 e. The van der Waals surface area contributed by atoms with Gasteiger partial charge in [0, 0.05) is 25.3 Å². The fraction of sp³-hybridized carbons (Fsp3) is 0.409. The number of benzene rings is 2. The Morgan fingerprint density at radius 2 is 1.75 bits per heavy atom. The zero-order valence-corrected chi connectivity index (χ0v) is 18.5. The maximum absolute atomic E-state index is 12.8. The van der Waals surface area contributed by atoms with E-state index < -0.39 is 27.8 Å². The van der Waals surface area contributed by atoms with Crippen LogP contribution in [0.1, 0.15) is 30.4 Å². The molecule has 32 heavy (non-hydrogen) atoms. The second kappa shape index (κ2) is 9.91. The third-order valence-electron chi connectivity index (χ3n) is 5.52. The van der Waals surface area contributed by atoms with Gasteiger partial charge in [0.2, 0.25) is 10.0 Å². The van der Waals surface area contributed by atoms with Gasteiger partial charge in [-0.2, -0.15) is 17.5 Å². The van der Waals surface area contributed by atoms with Crippen LogP contribution in [0.5, 0.6) is 0 Å². The topological polar surface area (TPSA) is 78.5 Å². The summed E-state index contributed by atoms with van der Waals surface area (Å²) >= 11 is 0. The summed E-state index contributed by atoms with van der Waals surface area (Å²) in [5.74, 6) is 0.258. The number of urea groups is 1. The Labute approximate surface area is 185 Å². The summed E-state index contributed by atoms with van der Waals surface area (Å²) in [5, 5.41) is 5.05. The maximum atomic E-state index is 12.8. The molecule has 0 saturated carbocycles. The van der Waals surface area contributed by atoms with E-state index in [-0.39, 0.29) is 16.5 Å². The van der Waals surface area contributed by atoms with E-state index in [4.69, 9.17) is 0 Å². The number of halogens is 3. The Kier molecular flexibility index (Phi) is 7.45. The number of sulfonamides is 1. The van der Waals surface area contributed by atoms with Crippen LogP contribution in [0.25, 0.3) is 0 Å². The second-order valence-electron chi connectivity index (χ2n) is 7.91. The Hall–Kier alpha value is -2.59. The fourth-order valence-corrected chi connectivity index (χ4v) is 5.11. The van der Waals surface area contributed by atoms with E-state index in [1.807, 2.05) is 6.92 Å². The van der Waals surface area contributed by atoms with Crippen LogP contribution in [-0.4, -0.2) is 38.4 Å². The molecule has 6 nitrogen and oxygen atoms in total. The van der Waals surface area contributed by atoms with Crippen molar-refractivity contribution in [1.29, 1.82) is 0 Å². The van der Waals surface area contributed by atoms with Gasteiger partial charge in [-0.1, -0.05) is 23.8 Å². The van der Waals surface area contributed by atoms with E-state index in [2.05, 4.69) is 10.6 Å². The second-order valence-corrected chi connectivity index (χ2v) is 9.85. The van der Waals surface area contributed by atoms with Crippen molar-refractivity contribution >= 4 is 21.7 Å². The van der Waals surface area contributed by atoms with Crippen LogP contribution in [0.4, 0.5) is 23.7 Å². The molecule has 1 heterocycles. The molecule has 0 bridgehead atoms. The van der Waals surface area contributed by atoms with E-state index in [1.54, 1.807) is 24.3 Å². The molecular weight excluding hydrogens is 443 g/mol. The number of carbonyl (C=O) groups is 1. The molecule has 2 N–H and O–H groups in total. The van der Waals surface area contributed by atoms with Gasteiger partial charge in [-0.3, -0.25) is 0 Å². The monoisotopic (exact) mass is 469 g/mol. The molecule has 174 valence electrons. The van der Waals surface area contributed by atoms with E-state index in [9.17, 15) is 26.4 Å². The van der Waals surface area contributed by atoms with Gasteiger partial charge in [0.1, 0.15) is 0 Å². The lowest BCUT2D eigenvalue weighted by Crippen LogP contribution is -2.39. The van der Waals surface area contributed by atoms with Crippen molar-refractivity contribution in [2.45, 2.75) is 37.3 Å². The average Bonchev–Trinajstić information content (AvgIpc) is 2.74. The molecule has 0 spiro atoms. The molecule has 2 amide bonds.